The maximum Gasteiger partial charge on any atom is 1.00 e. The van der Waals surface area contributed by atoms with Crippen LogP contribution in [0.2, 0.25) is 0 Å². The number of hydrogen-bond donors (Lipinski definition) is 6. The molecule has 262 valence electrons. The Hall–Kier alpha value is 0.540. The number of amides is 1. The second-order valence-corrected chi connectivity index (χ2v) is 15.9. The number of nitrogens with zero attached hydrogens (tertiary/aromatic N) is 4. The molecule has 0 spiro atoms. The van der Waals surface area contributed by atoms with Crippen molar-refractivity contribution in [2.75, 3.05) is 18.9 Å². The molecule has 0 aliphatic carbocycles. The van der Waals surface area contributed by atoms with E-state index < -0.39 is 67.1 Å². The third kappa shape index (κ3) is 13.1. The summed E-state index contributed by atoms with van der Waals surface area (Å²) < 4.78 is 60.2. The van der Waals surface area contributed by atoms with Crippen LogP contribution >= 0.6 is 35.7 Å². The van der Waals surface area contributed by atoms with Crippen molar-refractivity contribution in [1.82, 2.24) is 29.9 Å². The normalized spacial score (nSPS) is 22.7. The quantitative estimate of drug-likeness (QED) is 0.0404. The van der Waals surface area contributed by atoms with Gasteiger partial charge in [0.15, 0.2) is 23.9 Å². The van der Waals surface area contributed by atoms with Gasteiger partial charge in [0.25, 0.3) is 23.5 Å². The van der Waals surface area contributed by atoms with Crippen LogP contribution in [0, 0.1) is 4.64 Å². The van der Waals surface area contributed by atoms with Gasteiger partial charge < -0.3 is 54.7 Å². The van der Waals surface area contributed by atoms with Crippen molar-refractivity contribution < 1.29 is 159 Å². The molecule has 1 fully saturated rings. The average Bonchev–Trinajstić information content (AvgIpc) is 3.58. The summed E-state index contributed by atoms with van der Waals surface area (Å²) >= 11 is 5.17. The van der Waals surface area contributed by atoms with Gasteiger partial charge in [-0.1, -0.05) is 33.0 Å². The summed E-state index contributed by atoms with van der Waals surface area (Å²) in [4.78, 5) is 66.4. The summed E-state index contributed by atoms with van der Waals surface area (Å²) in [6.07, 6.45) is -4.87. The molecule has 0 aromatic carbocycles. The number of aryl methyl sites for hydroxylation is 1. The van der Waals surface area contributed by atoms with Crippen LogP contribution in [0.25, 0.3) is 11.2 Å². The number of nitrogen functional groups attached to an aromatic ring is 1. The summed E-state index contributed by atoms with van der Waals surface area (Å²) in [5, 5.41) is 17.0. The van der Waals surface area contributed by atoms with Crippen LogP contribution in [0.5, 0.6) is 0 Å². The van der Waals surface area contributed by atoms with Crippen molar-refractivity contribution in [2.24, 2.45) is 7.05 Å². The molecule has 1 aliphatic heterocycles. The summed E-state index contributed by atoms with van der Waals surface area (Å²) in [5.74, 6) is -0.702. The largest absolute Gasteiger partial charge is 1.00 e. The molecule has 29 heteroatoms. The van der Waals surface area contributed by atoms with Gasteiger partial charge in [0.05, 0.1) is 18.6 Å². The predicted molar refractivity (Wildman–Crippen MR) is 152 cm³/mol. The molecule has 3 aromatic rings. The second-order valence-electron chi connectivity index (χ2n) is 11.2. The van der Waals surface area contributed by atoms with Crippen molar-refractivity contribution >= 4 is 58.7 Å². The number of phosphoric ester groups is 1. The maximum atomic E-state index is 12.8. The Bertz CT molecular complexity index is 1850. The Balaban J connectivity index is 0.00000417. The molecule has 0 saturated carbocycles. The minimum Gasteiger partial charge on any atom is -0.756 e. The molecule has 0 radical (unpaired) electrons. The van der Waals surface area contributed by atoms with E-state index in [2.05, 4.69) is 38.5 Å². The van der Waals surface area contributed by atoms with Gasteiger partial charge in [-0.25, -0.2) is 18.6 Å². The Morgan fingerprint density at radius 2 is 1.84 bits per heavy atom. The van der Waals surface area contributed by atoms with Crippen LogP contribution in [0.15, 0.2) is 12.4 Å². The van der Waals surface area contributed by atoms with E-state index in [0.717, 1.165) is 11.4 Å². The van der Waals surface area contributed by atoms with Crippen LogP contribution in [-0.2, 0) is 60.1 Å². The number of aromatic nitrogens is 6. The van der Waals surface area contributed by atoms with Gasteiger partial charge in [-0.2, -0.15) is 5.10 Å². The van der Waals surface area contributed by atoms with Crippen molar-refractivity contribution in [3.8, 4) is 0 Å². The van der Waals surface area contributed by atoms with Crippen molar-refractivity contribution in [3.05, 3.63) is 28.4 Å². The number of nitrogens with one attached hydrogen (secondary N) is 3. The van der Waals surface area contributed by atoms with E-state index in [4.69, 9.17) is 32.3 Å². The number of phosphoric acid groups is 3. The molecule has 0 bridgehead atoms. The number of anilines is 1. The first kappa shape index (κ1) is 48.6. The maximum absolute atomic E-state index is 12.8. The standard InChI is InChI=1S/C21H33N8O14P3S.3Na/c1-21(2,3)12-5-10(28(4)27-12)6-23-13(30)8-39-16-15(31)11(7-40-45(35,36)43-46(37,38)42-44(32,33)34)41-19(16)29-9-24-14-17(29)25-20(22)26-18(14)47;;;/h5,9,11,15-16,19,31H,6-8H2,1-4H3,(H8,22,23,25,26,30,32,33,34,35,36,37,38,47);;;/q;3*+1/p-2/t11-,15+,16?,19-;;;/m1.../s1. The average molecular weight is 813 g/mol. The molecule has 50 heavy (non-hydrogen) atoms. The van der Waals surface area contributed by atoms with Gasteiger partial charge in [-0.05, 0) is 0 Å². The zero-order valence-corrected chi connectivity index (χ0v) is 37.5. The molecule has 4 unspecified atom stereocenters. The molecule has 1 aliphatic rings. The number of fused-ring (bicyclic) bond motifs is 1. The molecule has 1 saturated heterocycles. The Labute approximate surface area is 355 Å². The van der Waals surface area contributed by atoms with Crippen molar-refractivity contribution in [1.29, 1.82) is 0 Å². The Kier molecular flexibility index (Phi) is 18.4. The number of aliphatic hydroxyl groups is 1. The predicted octanol–water partition coefficient (Wildman–Crippen LogP) is -11.1. The van der Waals surface area contributed by atoms with Crippen LogP contribution in [-0.4, -0.2) is 72.1 Å². The van der Waals surface area contributed by atoms with Crippen LogP contribution in [0.4, 0.5) is 5.95 Å². The Morgan fingerprint density at radius 3 is 2.42 bits per heavy atom. The van der Waals surface area contributed by atoms with E-state index in [1.807, 2.05) is 26.8 Å². The number of hydrogen-bond acceptors (Lipinski definition) is 17. The number of nitrogens with two attached hydrogens (primary N) is 1. The van der Waals surface area contributed by atoms with E-state index in [1.54, 1.807) is 11.7 Å². The SMILES string of the molecule is C[n+]1[nH]c(C(C)(C)C)cc1CNC(=O)COC1[C@@H](O)[C@@H](COP(=O)([O-])OP(=O)([O-])OP(=O)([O-])O)O[C@H]1n1cnc2c(=S)nc(N)[nH]c21.[Na+].[Na+].[Na+]. The molecular weight excluding hydrogens is 782 g/mol. The first-order chi connectivity index (χ1) is 21.6. The van der Waals surface area contributed by atoms with Crippen molar-refractivity contribution in [3.63, 3.8) is 0 Å². The fraction of sp³-hybridized carbons (Fsp3) is 0.571. The summed E-state index contributed by atoms with van der Waals surface area (Å²) in [6, 6.07) is 1.89. The summed E-state index contributed by atoms with van der Waals surface area (Å²) in [5.41, 5.74) is 7.61. The van der Waals surface area contributed by atoms with Crippen LogP contribution in [0.3, 0.4) is 0 Å². The van der Waals surface area contributed by atoms with Gasteiger partial charge in [0.2, 0.25) is 11.6 Å². The monoisotopic (exact) mass is 813 g/mol. The minimum absolute atomic E-state index is 0. The third-order valence-corrected chi connectivity index (χ3v) is 10.5. The van der Waals surface area contributed by atoms with Crippen LogP contribution in [0.1, 0.15) is 38.4 Å². The van der Waals surface area contributed by atoms with E-state index in [0.29, 0.717) is 0 Å². The number of carbonyl (C=O) groups excluding carboxylic acids is 1. The molecule has 1 amide bonds. The van der Waals surface area contributed by atoms with E-state index in [1.165, 1.54) is 10.9 Å². The molecule has 22 nitrogen and oxygen atoms in total. The van der Waals surface area contributed by atoms with Gasteiger partial charge in [0, 0.05) is 11.5 Å². The van der Waals surface area contributed by atoms with E-state index in [-0.39, 0.29) is 122 Å². The van der Waals surface area contributed by atoms with Crippen molar-refractivity contribution in [2.45, 2.75) is 57.3 Å². The number of imidazole rings is 1. The topological polar surface area (TPSA) is 328 Å². The number of rotatable bonds is 13. The first-order valence-corrected chi connectivity index (χ1v) is 18.1. The van der Waals surface area contributed by atoms with Gasteiger partial charge in [-0.3, -0.25) is 23.1 Å². The molecule has 4 rings (SSSR count). The van der Waals surface area contributed by atoms with Gasteiger partial charge in [0.1, 0.15) is 42.6 Å². The first-order valence-electron chi connectivity index (χ1n) is 13.3. The minimum atomic E-state index is -6.17. The fourth-order valence-corrected chi connectivity index (χ4v) is 7.52. The number of ether oxygens (including phenoxy) is 2. The van der Waals surface area contributed by atoms with Gasteiger partial charge in [-0.15, -0.1) is 4.68 Å². The van der Waals surface area contributed by atoms with E-state index >= 15 is 0 Å². The molecule has 3 aromatic heterocycles. The number of H-pyrrole nitrogens is 2. The zero-order valence-electron chi connectivity index (χ0n) is 28.0. The molecular formula is C21H31N8Na3O14P3S+. The number of aliphatic hydroxyl groups excluding tert-OH is 1. The van der Waals surface area contributed by atoms with E-state index in [9.17, 15) is 38.3 Å². The molecule has 4 heterocycles. The Morgan fingerprint density at radius 1 is 1.20 bits per heavy atom. The molecule has 7 atom stereocenters. The number of aromatic amines is 2. The third-order valence-electron chi connectivity index (χ3n) is 6.56. The van der Waals surface area contributed by atoms with Gasteiger partial charge >= 0.3 is 88.7 Å². The smallest absolute Gasteiger partial charge is 0.756 e. The second kappa shape index (κ2) is 18.9. The molecule has 7 N–H and O–H groups in total. The zero-order chi connectivity index (χ0) is 35.1. The fourth-order valence-electron chi connectivity index (χ4n) is 4.37. The van der Waals surface area contributed by atoms with Crippen LogP contribution < -0.4 is 119 Å². The summed E-state index contributed by atoms with van der Waals surface area (Å²) in [6.45, 7) is 4.45. The number of carbonyl (C=O) groups is 1. The summed E-state index contributed by atoms with van der Waals surface area (Å²) in [7, 11) is -16.3.